The van der Waals surface area contributed by atoms with E-state index in [9.17, 15) is 14.4 Å². The van der Waals surface area contributed by atoms with Crippen LogP contribution in [-0.4, -0.2) is 40.0 Å². The molecule has 2 aromatic carbocycles. The number of carbonyl (C=O) groups is 1. The molecule has 0 saturated carbocycles. The van der Waals surface area contributed by atoms with Crippen molar-refractivity contribution in [3.8, 4) is 23.0 Å². The molecule has 0 atom stereocenters. The number of nitrogens with one attached hydrogen (secondary N) is 1. The molecule has 11 heteroatoms. The number of anilines is 1. The zero-order valence-electron chi connectivity index (χ0n) is 18.9. The van der Waals surface area contributed by atoms with Crippen LogP contribution in [0.3, 0.4) is 0 Å². The summed E-state index contributed by atoms with van der Waals surface area (Å²) >= 11 is 0. The van der Waals surface area contributed by atoms with E-state index in [-0.39, 0.29) is 30.9 Å². The summed E-state index contributed by atoms with van der Waals surface area (Å²) in [6.07, 6.45) is 1.47. The molecule has 11 nitrogen and oxygen atoms in total. The summed E-state index contributed by atoms with van der Waals surface area (Å²) < 4.78 is 24.1. The van der Waals surface area contributed by atoms with Gasteiger partial charge in [0, 0.05) is 18.0 Å². The maximum Gasteiger partial charge on any atom is 0.332 e. The Balaban J connectivity index is 1.33. The van der Waals surface area contributed by atoms with E-state index < -0.39 is 17.2 Å². The van der Waals surface area contributed by atoms with Crippen LogP contribution in [0.15, 0.2) is 64.3 Å². The molecular formula is C25H20N4O7. The lowest BCUT2D eigenvalue weighted by molar-refractivity contribution is -0.116. The first-order valence-corrected chi connectivity index (χ1v) is 11.2. The zero-order chi connectivity index (χ0) is 24.6. The number of amides is 1. The van der Waals surface area contributed by atoms with Gasteiger partial charge in [-0.3, -0.25) is 18.7 Å². The molecule has 0 radical (unpaired) electrons. The van der Waals surface area contributed by atoms with E-state index >= 15 is 0 Å². The Morgan fingerprint density at radius 1 is 0.889 bits per heavy atom. The standard InChI is InChI=1S/C25H20N4O7/c30-22(27-16-4-6-18-21(11-16)34-9-8-33-18)13-28-17-2-1-7-26-23(17)24(31)29(25(28)32)12-15-3-5-19-20(10-15)36-14-35-19/h1-7,10-11H,8-9,12-14H2,(H,27,30). The number of fused-ring (bicyclic) bond motifs is 3. The number of hydrogen-bond acceptors (Lipinski definition) is 8. The van der Waals surface area contributed by atoms with Crippen LogP contribution in [0.25, 0.3) is 11.0 Å². The normalized spacial score (nSPS) is 13.6. The maximum atomic E-state index is 13.4. The van der Waals surface area contributed by atoms with Gasteiger partial charge in [-0.25, -0.2) is 9.78 Å². The zero-order valence-corrected chi connectivity index (χ0v) is 18.9. The van der Waals surface area contributed by atoms with E-state index in [1.807, 2.05) is 0 Å². The predicted octanol–water partition coefficient (Wildman–Crippen LogP) is 1.75. The van der Waals surface area contributed by atoms with Gasteiger partial charge in [-0.1, -0.05) is 6.07 Å². The van der Waals surface area contributed by atoms with Crippen LogP contribution in [-0.2, 0) is 17.9 Å². The highest BCUT2D eigenvalue weighted by Gasteiger charge is 2.19. The number of hydrogen-bond donors (Lipinski definition) is 1. The molecule has 2 aliphatic rings. The van der Waals surface area contributed by atoms with Gasteiger partial charge in [-0.15, -0.1) is 0 Å². The van der Waals surface area contributed by atoms with Crippen molar-refractivity contribution in [3.63, 3.8) is 0 Å². The van der Waals surface area contributed by atoms with E-state index in [0.717, 1.165) is 4.57 Å². The van der Waals surface area contributed by atoms with Crippen LogP contribution >= 0.6 is 0 Å². The molecule has 4 aromatic rings. The predicted molar refractivity (Wildman–Crippen MR) is 128 cm³/mol. The molecule has 36 heavy (non-hydrogen) atoms. The van der Waals surface area contributed by atoms with Crippen LogP contribution < -0.4 is 35.5 Å². The van der Waals surface area contributed by atoms with Crippen molar-refractivity contribution in [3.05, 3.63) is 81.1 Å². The quantitative estimate of drug-likeness (QED) is 0.451. The molecule has 0 spiro atoms. The van der Waals surface area contributed by atoms with Crippen molar-refractivity contribution in [2.75, 3.05) is 25.3 Å². The van der Waals surface area contributed by atoms with Gasteiger partial charge in [0.25, 0.3) is 5.56 Å². The number of pyridine rings is 1. The van der Waals surface area contributed by atoms with Gasteiger partial charge in [0.15, 0.2) is 28.5 Å². The van der Waals surface area contributed by atoms with Gasteiger partial charge < -0.3 is 24.3 Å². The largest absolute Gasteiger partial charge is 0.486 e. The van der Waals surface area contributed by atoms with Crippen LogP contribution in [0, 0.1) is 0 Å². The molecular weight excluding hydrogens is 468 g/mol. The van der Waals surface area contributed by atoms with Crippen LogP contribution in [0.4, 0.5) is 5.69 Å². The number of nitrogens with zero attached hydrogens (tertiary/aromatic N) is 3. The van der Waals surface area contributed by atoms with Crippen molar-refractivity contribution in [2.45, 2.75) is 13.1 Å². The van der Waals surface area contributed by atoms with Crippen molar-refractivity contribution in [1.82, 2.24) is 14.1 Å². The molecule has 182 valence electrons. The summed E-state index contributed by atoms with van der Waals surface area (Å²) in [4.78, 5) is 43.7. The summed E-state index contributed by atoms with van der Waals surface area (Å²) in [5.74, 6) is 1.82. The first kappa shape index (κ1) is 21.7. The molecule has 0 fully saturated rings. The summed E-state index contributed by atoms with van der Waals surface area (Å²) in [6, 6.07) is 13.5. The third-order valence-corrected chi connectivity index (χ3v) is 5.89. The molecule has 6 rings (SSSR count). The van der Waals surface area contributed by atoms with E-state index in [1.165, 1.54) is 10.8 Å². The Morgan fingerprint density at radius 2 is 1.64 bits per heavy atom. The molecule has 0 bridgehead atoms. The Morgan fingerprint density at radius 3 is 2.53 bits per heavy atom. The van der Waals surface area contributed by atoms with Gasteiger partial charge in [0.2, 0.25) is 12.7 Å². The first-order valence-electron chi connectivity index (χ1n) is 11.2. The topological polar surface area (TPSA) is 123 Å². The van der Waals surface area contributed by atoms with Gasteiger partial charge in [0.1, 0.15) is 19.8 Å². The number of aromatic nitrogens is 3. The van der Waals surface area contributed by atoms with E-state index in [0.29, 0.717) is 47.5 Å². The van der Waals surface area contributed by atoms with Crippen LogP contribution in [0.2, 0.25) is 0 Å². The Hall–Kier alpha value is -4.80. The highest BCUT2D eigenvalue weighted by Crippen LogP contribution is 2.33. The second kappa shape index (κ2) is 8.77. The van der Waals surface area contributed by atoms with Crippen molar-refractivity contribution < 1.29 is 23.7 Å². The summed E-state index contributed by atoms with van der Waals surface area (Å²) in [5.41, 5.74) is 0.346. The second-order valence-corrected chi connectivity index (χ2v) is 8.23. The SMILES string of the molecule is O=C(Cn1c(=O)n(Cc2ccc3c(c2)OCO3)c(=O)c2ncccc21)Nc1ccc2c(c1)OCCO2. The third kappa shape index (κ3) is 3.90. The Kier molecular flexibility index (Phi) is 5.29. The van der Waals surface area contributed by atoms with Gasteiger partial charge >= 0.3 is 5.69 Å². The minimum absolute atomic E-state index is 0.0232. The fourth-order valence-electron chi connectivity index (χ4n) is 4.22. The number of carbonyl (C=O) groups excluding carboxylic acids is 1. The summed E-state index contributed by atoms with van der Waals surface area (Å²) in [5, 5.41) is 2.77. The molecule has 4 heterocycles. The second-order valence-electron chi connectivity index (χ2n) is 8.23. The molecule has 1 N–H and O–H groups in total. The number of ether oxygens (including phenoxy) is 4. The molecule has 1 amide bonds. The smallest absolute Gasteiger partial charge is 0.332 e. The number of rotatable bonds is 5. The average Bonchev–Trinajstić information content (AvgIpc) is 3.37. The lowest BCUT2D eigenvalue weighted by Gasteiger charge is -2.19. The highest BCUT2D eigenvalue weighted by atomic mass is 16.7. The average molecular weight is 488 g/mol. The monoisotopic (exact) mass is 488 g/mol. The fraction of sp³-hybridized carbons (Fsp3) is 0.200. The lowest BCUT2D eigenvalue weighted by atomic mass is 10.2. The van der Waals surface area contributed by atoms with E-state index in [1.54, 1.807) is 48.5 Å². The Labute approximate surface area is 203 Å². The fourth-order valence-corrected chi connectivity index (χ4v) is 4.22. The summed E-state index contributed by atoms with van der Waals surface area (Å²) in [6.45, 7) is 0.653. The minimum Gasteiger partial charge on any atom is -0.486 e. The van der Waals surface area contributed by atoms with Gasteiger partial charge in [0.05, 0.1) is 12.1 Å². The van der Waals surface area contributed by atoms with Gasteiger partial charge in [-0.2, -0.15) is 0 Å². The van der Waals surface area contributed by atoms with E-state index in [4.69, 9.17) is 18.9 Å². The first-order chi connectivity index (χ1) is 17.6. The molecule has 0 saturated heterocycles. The van der Waals surface area contributed by atoms with E-state index in [2.05, 4.69) is 10.3 Å². The molecule has 0 aliphatic carbocycles. The van der Waals surface area contributed by atoms with Crippen molar-refractivity contribution in [2.24, 2.45) is 0 Å². The summed E-state index contributed by atoms with van der Waals surface area (Å²) in [7, 11) is 0. The van der Waals surface area contributed by atoms with Crippen LogP contribution in [0.5, 0.6) is 23.0 Å². The maximum absolute atomic E-state index is 13.4. The number of benzene rings is 2. The van der Waals surface area contributed by atoms with Crippen molar-refractivity contribution >= 4 is 22.6 Å². The molecule has 2 aliphatic heterocycles. The highest BCUT2D eigenvalue weighted by molar-refractivity contribution is 5.91. The van der Waals surface area contributed by atoms with Crippen molar-refractivity contribution in [1.29, 1.82) is 0 Å². The lowest BCUT2D eigenvalue weighted by Crippen LogP contribution is -2.42. The van der Waals surface area contributed by atoms with Gasteiger partial charge in [-0.05, 0) is 42.0 Å². The molecule has 2 aromatic heterocycles. The minimum atomic E-state index is -0.629. The molecule has 0 unspecified atom stereocenters. The third-order valence-electron chi connectivity index (χ3n) is 5.89. The van der Waals surface area contributed by atoms with Crippen LogP contribution in [0.1, 0.15) is 5.56 Å². The Bertz CT molecular complexity index is 1630.